The molecule has 3 rings (SSSR count). The molecule has 2 N–H and O–H groups in total. The Morgan fingerprint density at radius 1 is 1.33 bits per heavy atom. The van der Waals surface area contributed by atoms with Crippen LogP contribution in [0.15, 0.2) is 18.2 Å². The summed E-state index contributed by atoms with van der Waals surface area (Å²) >= 11 is 0. The van der Waals surface area contributed by atoms with Crippen LogP contribution < -0.4 is 39.6 Å². The first-order chi connectivity index (χ1) is 7.79. The summed E-state index contributed by atoms with van der Waals surface area (Å²) in [4.78, 5) is 3.50. The maximum atomic E-state index is 5.25. The fourth-order valence-corrected chi connectivity index (χ4v) is 2.54. The zero-order valence-corrected chi connectivity index (χ0v) is 13.2. The van der Waals surface area contributed by atoms with Crippen molar-refractivity contribution in [3.05, 3.63) is 29.5 Å². The Morgan fingerprint density at radius 2 is 2.11 bits per heavy atom. The molecule has 1 unspecified atom stereocenters. The number of hydrogen-bond acceptors (Lipinski definition) is 2. The van der Waals surface area contributed by atoms with Gasteiger partial charge in [0.25, 0.3) is 0 Å². The van der Waals surface area contributed by atoms with Crippen LogP contribution in [-0.4, -0.2) is 27.1 Å². The van der Waals surface area contributed by atoms with Crippen molar-refractivity contribution >= 4 is 19.3 Å². The van der Waals surface area contributed by atoms with Crippen LogP contribution in [0, 0.1) is 0 Å². The smallest absolute Gasteiger partial charge is 1.00 e. The normalized spacial score (nSPS) is 17.6. The van der Waals surface area contributed by atoms with Crippen LogP contribution in [0.3, 0.4) is 0 Å². The Hall–Kier alpha value is -0.415. The largest absolute Gasteiger partial charge is 1.00 e. The van der Waals surface area contributed by atoms with E-state index in [0.717, 1.165) is 18.7 Å². The van der Waals surface area contributed by atoms with E-state index in [0.29, 0.717) is 6.04 Å². The Morgan fingerprint density at radius 3 is 2.83 bits per heavy atom. The van der Waals surface area contributed by atoms with Crippen LogP contribution in [-0.2, 0) is 6.42 Å². The number of H-pyrrole nitrogens is 1. The van der Waals surface area contributed by atoms with Gasteiger partial charge in [-0.25, -0.2) is 0 Å². The molecule has 1 aromatic carbocycles. The molecule has 1 aliphatic heterocycles. The van der Waals surface area contributed by atoms with Crippen LogP contribution in [0.5, 0.6) is 5.75 Å². The maximum absolute atomic E-state index is 5.25. The number of rotatable bonds is 1. The van der Waals surface area contributed by atoms with Crippen molar-refractivity contribution in [2.24, 2.45) is 0 Å². The molecule has 0 bridgehead atoms. The summed E-state index contributed by atoms with van der Waals surface area (Å²) < 4.78 is 5.25. The van der Waals surface area contributed by atoms with Crippen molar-refractivity contribution in [3.8, 4) is 5.75 Å². The molecular formula is C13H16BN2NaO. The van der Waals surface area contributed by atoms with E-state index in [1.165, 1.54) is 22.2 Å². The molecular weight excluding hydrogens is 234 g/mol. The van der Waals surface area contributed by atoms with Crippen LogP contribution in [0.25, 0.3) is 10.9 Å². The van der Waals surface area contributed by atoms with Gasteiger partial charge >= 0.3 is 29.6 Å². The van der Waals surface area contributed by atoms with E-state index in [4.69, 9.17) is 4.74 Å². The molecule has 1 atom stereocenters. The van der Waals surface area contributed by atoms with Gasteiger partial charge in [0.1, 0.15) is 5.75 Å². The topological polar surface area (TPSA) is 37.0 Å². The summed E-state index contributed by atoms with van der Waals surface area (Å²) in [7, 11) is 1.70. The van der Waals surface area contributed by atoms with Crippen molar-refractivity contribution in [1.82, 2.24) is 10.3 Å². The van der Waals surface area contributed by atoms with Gasteiger partial charge < -0.3 is 23.5 Å². The molecule has 0 fully saturated rings. The predicted molar refractivity (Wildman–Crippen MR) is 70.7 cm³/mol. The number of benzene rings is 1. The minimum Gasteiger partial charge on any atom is -1.00 e. The van der Waals surface area contributed by atoms with E-state index < -0.39 is 0 Å². The maximum Gasteiger partial charge on any atom is 1.00 e. The summed E-state index contributed by atoms with van der Waals surface area (Å²) in [6.07, 6.45) is 1.10. The number of hydrogen-bond donors (Lipinski definition) is 2. The van der Waals surface area contributed by atoms with Gasteiger partial charge in [-0.05, 0) is 37.6 Å². The molecule has 1 aromatic heterocycles. The molecule has 88 valence electrons. The molecule has 1 aliphatic rings. The van der Waals surface area contributed by atoms with Gasteiger partial charge in [0.05, 0.1) is 7.11 Å². The van der Waals surface area contributed by atoms with Gasteiger partial charge in [-0.2, -0.15) is 0 Å². The van der Waals surface area contributed by atoms with E-state index >= 15 is 0 Å². The van der Waals surface area contributed by atoms with Crippen molar-refractivity contribution in [2.45, 2.75) is 19.4 Å². The molecule has 18 heavy (non-hydrogen) atoms. The van der Waals surface area contributed by atoms with Gasteiger partial charge in [-0.15, -0.1) is 0 Å². The summed E-state index contributed by atoms with van der Waals surface area (Å²) in [6, 6.07) is 6.67. The Bertz CT molecular complexity index is 541. The Kier molecular flexibility index (Phi) is 5.35. The standard InChI is InChI=1S/C13H16N2O.B.Na/c1-8-13-11(5-6-14-8)10-4-3-9(16-2)7-12(10)15-13;;/h3-4,7-8,14-15H,5-6H2,1-2H3;;/q;-1;+1. The SMILES string of the molecule is COc1ccc2c3c([nH]c2c1)C(C)NCC3.[B-].[Na+]. The van der Waals surface area contributed by atoms with Crippen LogP contribution >= 0.6 is 0 Å². The third kappa shape index (κ3) is 2.48. The van der Waals surface area contributed by atoms with Gasteiger partial charge in [-0.3, -0.25) is 0 Å². The summed E-state index contributed by atoms with van der Waals surface area (Å²) in [6.45, 7) is 3.26. The molecule has 0 amide bonds. The summed E-state index contributed by atoms with van der Waals surface area (Å²) in [5, 5.41) is 4.80. The quantitative estimate of drug-likeness (QED) is 0.637. The fourth-order valence-electron chi connectivity index (χ4n) is 2.54. The fraction of sp³-hybridized carbons (Fsp3) is 0.385. The van der Waals surface area contributed by atoms with Crippen molar-refractivity contribution in [3.63, 3.8) is 0 Å². The molecule has 0 saturated heterocycles. The first-order valence-corrected chi connectivity index (χ1v) is 5.71. The number of nitrogens with one attached hydrogen (secondary N) is 2. The number of fused-ring (bicyclic) bond motifs is 3. The number of ether oxygens (including phenoxy) is 1. The van der Waals surface area contributed by atoms with Crippen LogP contribution in [0.2, 0.25) is 0 Å². The zero-order valence-electron chi connectivity index (χ0n) is 11.2. The van der Waals surface area contributed by atoms with Crippen molar-refractivity contribution < 1.29 is 34.3 Å². The average Bonchev–Trinajstić information content (AvgIpc) is 2.68. The minimum atomic E-state index is 0. The van der Waals surface area contributed by atoms with Crippen molar-refractivity contribution in [1.29, 1.82) is 0 Å². The molecule has 2 aromatic rings. The zero-order chi connectivity index (χ0) is 11.1. The number of aromatic nitrogens is 1. The van der Waals surface area contributed by atoms with E-state index in [1.54, 1.807) is 7.11 Å². The molecule has 3 nitrogen and oxygen atoms in total. The molecule has 4 radical (unpaired) electrons. The van der Waals surface area contributed by atoms with Gasteiger partial charge in [-0.1, -0.05) is 0 Å². The third-order valence-electron chi connectivity index (χ3n) is 3.40. The van der Waals surface area contributed by atoms with Crippen LogP contribution in [0.1, 0.15) is 24.2 Å². The molecule has 5 heteroatoms. The molecule has 0 aliphatic carbocycles. The van der Waals surface area contributed by atoms with E-state index in [2.05, 4.69) is 29.4 Å². The second-order valence-corrected chi connectivity index (χ2v) is 4.35. The van der Waals surface area contributed by atoms with Gasteiger partial charge in [0, 0.05) is 28.7 Å². The summed E-state index contributed by atoms with van der Waals surface area (Å²) in [5.41, 5.74) is 3.97. The predicted octanol–water partition coefficient (Wildman–Crippen LogP) is -0.994. The second-order valence-electron chi connectivity index (χ2n) is 4.35. The number of aromatic amines is 1. The third-order valence-corrected chi connectivity index (χ3v) is 3.40. The molecule has 0 saturated carbocycles. The van der Waals surface area contributed by atoms with Crippen LogP contribution in [0.4, 0.5) is 0 Å². The van der Waals surface area contributed by atoms with E-state index in [9.17, 15) is 0 Å². The second kappa shape index (κ2) is 6.15. The Labute approximate surface area is 132 Å². The first-order valence-electron chi connectivity index (χ1n) is 5.71. The molecule has 0 spiro atoms. The number of methoxy groups -OCH3 is 1. The summed E-state index contributed by atoms with van der Waals surface area (Å²) in [5.74, 6) is 0.909. The van der Waals surface area contributed by atoms with E-state index in [-0.39, 0.29) is 38.0 Å². The first kappa shape index (κ1) is 15.6. The van der Waals surface area contributed by atoms with E-state index in [1.807, 2.05) is 6.07 Å². The molecule has 2 heterocycles. The van der Waals surface area contributed by atoms with Gasteiger partial charge in [0.2, 0.25) is 0 Å². The monoisotopic (exact) mass is 250 g/mol. The average molecular weight is 250 g/mol. The van der Waals surface area contributed by atoms with Gasteiger partial charge in [0.15, 0.2) is 0 Å². The van der Waals surface area contributed by atoms with Crippen molar-refractivity contribution in [2.75, 3.05) is 13.7 Å². The minimum absolute atomic E-state index is 0. The Balaban J connectivity index is 0.000000810.